The van der Waals surface area contributed by atoms with E-state index in [0.717, 1.165) is 12.8 Å². The molecule has 0 saturated heterocycles. The van der Waals surface area contributed by atoms with Crippen molar-refractivity contribution in [2.75, 3.05) is 6.61 Å². The van der Waals surface area contributed by atoms with Gasteiger partial charge in [-0.1, -0.05) is 26.0 Å². The van der Waals surface area contributed by atoms with Crippen LogP contribution in [0.5, 0.6) is 0 Å². The zero-order valence-electron chi connectivity index (χ0n) is 7.50. The summed E-state index contributed by atoms with van der Waals surface area (Å²) >= 11 is 5.02. The van der Waals surface area contributed by atoms with Gasteiger partial charge in [-0.05, 0) is 20.3 Å². The lowest BCUT2D eigenvalue weighted by Crippen LogP contribution is -2.18. The van der Waals surface area contributed by atoms with E-state index < -0.39 is 0 Å². The monoisotopic (exact) mass is 177 g/mol. The van der Waals surface area contributed by atoms with E-state index in [1.165, 1.54) is 0 Å². The highest BCUT2D eigenvalue weighted by atomic mass is 32.1. The molecule has 0 spiro atoms. The van der Waals surface area contributed by atoms with Crippen LogP contribution < -0.4 is 0 Å². The van der Waals surface area contributed by atoms with Gasteiger partial charge in [0.1, 0.15) is 5.44 Å². The molecular formula is C8H17O2S. The highest BCUT2D eigenvalue weighted by Crippen LogP contribution is 2.09. The molecule has 0 rings (SSSR count). The third-order valence-electron chi connectivity index (χ3n) is 1.27. The summed E-state index contributed by atoms with van der Waals surface area (Å²) in [6.07, 6.45) is 1.83. The maximum atomic E-state index is 5.32. The summed E-state index contributed by atoms with van der Waals surface area (Å²) in [5.41, 5.74) is -0.0958. The van der Waals surface area contributed by atoms with E-state index in [-0.39, 0.29) is 11.7 Å². The van der Waals surface area contributed by atoms with Crippen LogP contribution in [0.2, 0.25) is 0 Å². The van der Waals surface area contributed by atoms with Crippen molar-refractivity contribution in [2.24, 2.45) is 0 Å². The molecule has 0 fully saturated rings. The first kappa shape index (κ1) is 11.3. The predicted octanol–water partition coefficient (Wildman–Crippen LogP) is 2.71. The fourth-order valence-corrected chi connectivity index (χ4v) is 1.18. The normalized spacial score (nSPS) is 16.4. The lowest BCUT2D eigenvalue weighted by atomic mass is 10.3. The predicted molar refractivity (Wildman–Crippen MR) is 48.5 cm³/mol. The summed E-state index contributed by atoms with van der Waals surface area (Å²) < 4.78 is 10.5. The van der Waals surface area contributed by atoms with Gasteiger partial charge in [-0.25, -0.2) is 0 Å². The molecule has 2 atom stereocenters. The molecule has 11 heavy (non-hydrogen) atoms. The number of hydrogen-bond donors (Lipinski definition) is 0. The second-order valence-corrected chi connectivity index (χ2v) is 2.90. The van der Waals surface area contributed by atoms with Crippen molar-refractivity contribution in [2.45, 2.75) is 45.3 Å². The first-order valence-corrected chi connectivity index (χ1v) is 4.60. The maximum Gasteiger partial charge on any atom is 0.156 e. The number of ether oxygens (including phenoxy) is 2. The molecule has 0 N–H and O–H groups in total. The second-order valence-electron chi connectivity index (χ2n) is 2.38. The average Bonchev–Trinajstić information content (AvgIpc) is 1.87. The van der Waals surface area contributed by atoms with Crippen LogP contribution in [0, 0.1) is 0 Å². The molecule has 0 amide bonds. The molecule has 0 heterocycles. The molecule has 0 aliphatic carbocycles. The summed E-state index contributed by atoms with van der Waals surface area (Å²) in [5.74, 6) is 0. The fourth-order valence-electron chi connectivity index (χ4n) is 0.791. The van der Waals surface area contributed by atoms with Gasteiger partial charge in [0.25, 0.3) is 0 Å². The van der Waals surface area contributed by atoms with Crippen molar-refractivity contribution in [1.82, 2.24) is 0 Å². The van der Waals surface area contributed by atoms with E-state index in [0.29, 0.717) is 6.61 Å². The molecule has 0 bridgehead atoms. The van der Waals surface area contributed by atoms with Gasteiger partial charge in [0.05, 0.1) is 0 Å². The summed E-state index contributed by atoms with van der Waals surface area (Å²) in [6.45, 7) is 6.58. The minimum Gasteiger partial charge on any atom is -0.353 e. The Morgan fingerprint density at radius 2 is 2.00 bits per heavy atom. The molecule has 67 valence electrons. The van der Waals surface area contributed by atoms with Crippen molar-refractivity contribution in [3.8, 4) is 0 Å². The molecule has 3 heteroatoms. The summed E-state index contributed by atoms with van der Waals surface area (Å²) in [7, 11) is 0. The van der Waals surface area contributed by atoms with E-state index in [1.54, 1.807) is 0 Å². The highest BCUT2D eigenvalue weighted by Gasteiger charge is 2.07. The van der Waals surface area contributed by atoms with Crippen LogP contribution >= 0.6 is 12.6 Å². The number of hydrogen-bond acceptors (Lipinski definition) is 2. The van der Waals surface area contributed by atoms with Gasteiger partial charge in [0, 0.05) is 6.61 Å². The standard InChI is InChI=1S/C8H17O2S/c1-4-6-8(11)10-7(3)9-5-2/h7-8H,4-6H2,1-3H3. The lowest BCUT2D eigenvalue weighted by molar-refractivity contribution is -0.136. The average molecular weight is 177 g/mol. The van der Waals surface area contributed by atoms with Crippen LogP contribution in [-0.2, 0) is 9.47 Å². The van der Waals surface area contributed by atoms with Gasteiger partial charge in [-0.3, -0.25) is 0 Å². The quantitative estimate of drug-likeness (QED) is 0.581. The minimum atomic E-state index is -0.158. The van der Waals surface area contributed by atoms with Crippen LogP contribution in [0.25, 0.3) is 0 Å². The Bertz CT molecular complexity index is 78.2. The van der Waals surface area contributed by atoms with E-state index in [4.69, 9.17) is 22.1 Å². The first-order valence-electron chi connectivity index (χ1n) is 4.13. The Kier molecular flexibility index (Phi) is 7.12. The number of rotatable bonds is 6. The van der Waals surface area contributed by atoms with Crippen molar-refractivity contribution in [1.29, 1.82) is 0 Å². The lowest BCUT2D eigenvalue weighted by Gasteiger charge is -2.16. The fraction of sp³-hybridized carbons (Fsp3) is 1.00. The molecular weight excluding hydrogens is 160 g/mol. The van der Waals surface area contributed by atoms with Gasteiger partial charge < -0.3 is 9.47 Å². The Morgan fingerprint density at radius 3 is 2.45 bits per heavy atom. The summed E-state index contributed by atoms with van der Waals surface area (Å²) in [4.78, 5) is 0. The van der Waals surface area contributed by atoms with E-state index in [1.807, 2.05) is 13.8 Å². The van der Waals surface area contributed by atoms with Gasteiger partial charge in [-0.2, -0.15) is 0 Å². The Labute approximate surface area is 74.7 Å². The Hall–Kier alpha value is 0.270. The molecule has 0 aromatic rings. The largest absolute Gasteiger partial charge is 0.353 e. The zero-order chi connectivity index (χ0) is 8.69. The van der Waals surface area contributed by atoms with E-state index >= 15 is 0 Å². The van der Waals surface area contributed by atoms with Crippen LogP contribution in [0.1, 0.15) is 33.6 Å². The van der Waals surface area contributed by atoms with Crippen LogP contribution in [-0.4, -0.2) is 18.3 Å². The molecule has 0 aliphatic heterocycles. The SMILES string of the molecule is CCCC([S])OC(C)OCC. The molecule has 0 aromatic carbocycles. The topological polar surface area (TPSA) is 18.5 Å². The smallest absolute Gasteiger partial charge is 0.156 e. The van der Waals surface area contributed by atoms with Gasteiger partial charge >= 0.3 is 0 Å². The molecule has 0 saturated carbocycles. The van der Waals surface area contributed by atoms with Crippen molar-refractivity contribution >= 4 is 12.6 Å². The summed E-state index contributed by atoms with van der Waals surface area (Å²) in [5, 5.41) is 0. The van der Waals surface area contributed by atoms with Crippen LogP contribution in [0.3, 0.4) is 0 Å². The molecule has 2 unspecified atom stereocenters. The maximum absolute atomic E-state index is 5.32. The minimum absolute atomic E-state index is 0.0958. The van der Waals surface area contributed by atoms with Crippen LogP contribution in [0.4, 0.5) is 0 Å². The molecule has 2 nitrogen and oxygen atoms in total. The van der Waals surface area contributed by atoms with E-state index in [9.17, 15) is 0 Å². The van der Waals surface area contributed by atoms with Gasteiger partial charge in [0.15, 0.2) is 6.29 Å². The zero-order valence-corrected chi connectivity index (χ0v) is 8.32. The van der Waals surface area contributed by atoms with Crippen molar-refractivity contribution < 1.29 is 9.47 Å². The molecule has 0 aromatic heterocycles. The molecule has 1 radical (unpaired) electrons. The first-order chi connectivity index (χ1) is 5.20. The highest BCUT2D eigenvalue weighted by molar-refractivity contribution is 7.80. The summed E-state index contributed by atoms with van der Waals surface area (Å²) in [6, 6.07) is 0. The Morgan fingerprint density at radius 1 is 1.36 bits per heavy atom. The van der Waals surface area contributed by atoms with Crippen molar-refractivity contribution in [3.05, 3.63) is 0 Å². The van der Waals surface area contributed by atoms with Gasteiger partial charge in [0.2, 0.25) is 0 Å². The van der Waals surface area contributed by atoms with Crippen LogP contribution in [0.15, 0.2) is 0 Å². The third-order valence-corrected chi connectivity index (χ3v) is 1.62. The molecule has 0 aliphatic rings. The Balaban J connectivity index is 3.32. The third kappa shape index (κ3) is 6.66. The van der Waals surface area contributed by atoms with Gasteiger partial charge in [-0.15, -0.1) is 0 Å². The van der Waals surface area contributed by atoms with Crippen molar-refractivity contribution in [3.63, 3.8) is 0 Å². The van der Waals surface area contributed by atoms with E-state index in [2.05, 4.69) is 6.92 Å². The second kappa shape index (κ2) is 6.95.